The van der Waals surface area contributed by atoms with Gasteiger partial charge in [-0.3, -0.25) is 0 Å². The zero-order chi connectivity index (χ0) is 22.2. The van der Waals surface area contributed by atoms with Crippen LogP contribution in [0.2, 0.25) is 24.2 Å². The molecular formula is C30H46Si2. The first-order valence-electron chi connectivity index (χ1n) is 14.0. The van der Waals surface area contributed by atoms with Crippen LogP contribution < -0.4 is 10.4 Å². The minimum absolute atomic E-state index is 0.700. The molecule has 2 aromatic carbocycles. The van der Waals surface area contributed by atoms with E-state index in [1.165, 1.54) is 99.5 Å². The molecule has 2 saturated heterocycles. The van der Waals surface area contributed by atoms with Crippen molar-refractivity contribution < 1.29 is 0 Å². The van der Waals surface area contributed by atoms with Crippen LogP contribution in [-0.2, 0) is 0 Å². The molecule has 174 valence electrons. The average Bonchev–Trinajstić information content (AvgIpc) is 2.86. The first-order valence-corrected chi connectivity index (χ1v) is 18.4. The average molecular weight is 463 g/mol. The highest BCUT2D eigenvalue weighted by Gasteiger charge is 2.24. The molecule has 0 aliphatic carbocycles. The quantitative estimate of drug-likeness (QED) is 0.268. The Morgan fingerprint density at radius 1 is 0.562 bits per heavy atom. The standard InChI is InChI=1S/C30H46Si2/c1-3-5-6-8-26-19-23-32(24-20-26)30-15-11-28(12-16-30)27-9-13-29(14-10-27)31-21-17-25(7-4-2)18-22-31/h9-16,25-26,31-32H,3-8,17-24H2,1-2H3. The van der Waals surface area contributed by atoms with Gasteiger partial charge in [-0.1, -0.05) is 161 Å². The summed E-state index contributed by atoms with van der Waals surface area (Å²) in [4.78, 5) is 0. The van der Waals surface area contributed by atoms with Crippen molar-refractivity contribution in [2.45, 2.75) is 102 Å². The molecule has 2 aliphatic rings. The van der Waals surface area contributed by atoms with Crippen molar-refractivity contribution in [3.8, 4) is 11.1 Å². The molecule has 0 N–H and O–H groups in total. The van der Waals surface area contributed by atoms with E-state index in [4.69, 9.17) is 0 Å². The molecule has 2 aromatic rings. The van der Waals surface area contributed by atoms with E-state index in [9.17, 15) is 0 Å². The fraction of sp³-hybridized carbons (Fsp3) is 0.600. The van der Waals surface area contributed by atoms with Gasteiger partial charge in [-0.2, -0.15) is 0 Å². The lowest BCUT2D eigenvalue weighted by Gasteiger charge is -2.28. The van der Waals surface area contributed by atoms with E-state index in [0.717, 1.165) is 11.8 Å². The third-order valence-electron chi connectivity index (χ3n) is 8.70. The maximum atomic E-state index is 2.49. The topological polar surface area (TPSA) is 0 Å². The Morgan fingerprint density at radius 2 is 1.00 bits per heavy atom. The lowest BCUT2D eigenvalue weighted by Crippen LogP contribution is -2.34. The molecule has 2 heterocycles. The third kappa shape index (κ3) is 6.47. The van der Waals surface area contributed by atoms with Crippen LogP contribution in [0.1, 0.15) is 78.1 Å². The van der Waals surface area contributed by atoms with Crippen molar-refractivity contribution in [1.82, 2.24) is 0 Å². The number of benzene rings is 2. The number of unbranched alkanes of at least 4 members (excludes halogenated alkanes) is 2. The summed E-state index contributed by atoms with van der Waals surface area (Å²) in [5.74, 6) is 2.06. The molecule has 32 heavy (non-hydrogen) atoms. The van der Waals surface area contributed by atoms with E-state index in [-0.39, 0.29) is 0 Å². The predicted octanol–water partition coefficient (Wildman–Crippen LogP) is 7.42. The summed E-state index contributed by atoms with van der Waals surface area (Å²) in [5, 5.41) is 3.43. The third-order valence-corrected chi connectivity index (χ3v) is 15.5. The molecule has 0 radical (unpaired) electrons. The van der Waals surface area contributed by atoms with Gasteiger partial charge in [0.25, 0.3) is 0 Å². The van der Waals surface area contributed by atoms with Gasteiger partial charge in [0.1, 0.15) is 0 Å². The maximum Gasteiger partial charge on any atom is 0.0708 e. The monoisotopic (exact) mass is 462 g/mol. The molecule has 0 nitrogen and oxygen atoms in total. The number of hydrogen-bond acceptors (Lipinski definition) is 0. The highest BCUT2D eigenvalue weighted by atomic mass is 28.3. The molecule has 2 fully saturated rings. The van der Waals surface area contributed by atoms with Crippen LogP contribution >= 0.6 is 0 Å². The summed E-state index contributed by atoms with van der Waals surface area (Å²) in [6, 6.07) is 25.7. The second-order valence-electron chi connectivity index (χ2n) is 11.0. The van der Waals surface area contributed by atoms with Crippen LogP contribution in [0.4, 0.5) is 0 Å². The number of hydrogen-bond donors (Lipinski definition) is 0. The second kappa shape index (κ2) is 12.4. The number of rotatable bonds is 9. The van der Waals surface area contributed by atoms with Gasteiger partial charge >= 0.3 is 0 Å². The summed E-state index contributed by atoms with van der Waals surface area (Å²) in [5.41, 5.74) is 2.83. The molecule has 2 aliphatic heterocycles. The van der Waals surface area contributed by atoms with Gasteiger partial charge in [-0.05, 0) is 23.0 Å². The van der Waals surface area contributed by atoms with E-state index in [1.807, 2.05) is 0 Å². The molecule has 0 bridgehead atoms. The largest absolute Gasteiger partial charge is 0.0708 e. The van der Waals surface area contributed by atoms with Crippen molar-refractivity contribution in [1.29, 1.82) is 0 Å². The van der Waals surface area contributed by atoms with E-state index >= 15 is 0 Å². The Morgan fingerprint density at radius 3 is 1.41 bits per heavy atom. The zero-order valence-electron chi connectivity index (χ0n) is 20.8. The van der Waals surface area contributed by atoms with Crippen LogP contribution in [0.25, 0.3) is 11.1 Å². The highest BCUT2D eigenvalue weighted by Crippen LogP contribution is 2.30. The predicted molar refractivity (Wildman–Crippen MR) is 149 cm³/mol. The van der Waals surface area contributed by atoms with Gasteiger partial charge in [0.05, 0.1) is 17.6 Å². The summed E-state index contributed by atoms with van der Waals surface area (Å²) in [6.07, 6.45) is 14.6. The highest BCUT2D eigenvalue weighted by molar-refractivity contribution is 6.73. The van der Waals surface area contributed by atoms with Crippen LogP contribution in [0.15, 0.2) is 48.5 Å². The van der Waals surface area contributed by atoms with Crippen LogP contribution in [0.5, 0.6) is 0 Å². The van der Waals surface area contributed by atoms with Crippen molar-refractivity contribution in [3.63, 3.8) is 0 Å². The first kappa shape index (κ1) is 24.0. The smallest absolute Gasteiger partial charge is 0.0654 e. The van der Waals surface area contributed by atoms with E-state index < -0.39 is 17.6 Å². The summed E-state index contributed by atoms with van der Waals surface area (Å²) >= 11 is 0. The molecule has 2 heteroatoms. The van der Waals surface area contributed by atoms with Gasteiger partial charge in [0.2, 0.25) is 0 Å². The molecule has 0 saturated carbocycles. The Labute approximate surface area is 201 Å². The Kier molecular flexibility index (Phi) is 9.28. The Balaban J connectivity index is 1.29. The fourth-order valence-corrected chi connectivity index (χ4v) is 13.4. The molecule has 0 aromatic heterocycles. The van der Waals surface area contributed by atoms with Crippen LogP contribution in [-0.4, -0.2) is 17.6 Å². The van der Waals surface area contributed by atoms with Gasteiger partial charge in [-0.15, -0.1) is 0 Å². The van der Waals surface area contributed by atoms with Crippen molar-refractivity contribution in [2.24, 2.45) is 11.8 Å². The Hall–Kier alpha value is -1.13. The summed E-state index contributed by atoms with van der Waals surface area (Å²) < 4.78 is 0. The first-order chi connectivity index (χ1) is 15.8. The van der Waals surface area contributed by atoms with Gasteiger partial charge < -0.3 is 0 Å². The SMILES string of the molecule is CCCCCC1CC[SiH](c2ccc(-c3ccc([SiH]4CCC(CCC)CC4)cc3)cc2)CC1. The van der Waals surface area contributed by atoms with Crippen LogP contribution in [0.3, 0.4) is 0 Å². The van der Waals surface area contributed by atoms with Crippen molar-refractivity contribution in [3.05, 3.63) is 48.5 Å². The molecule has 0 amide bonds. The fourth-order valence-electron chi connectivity index (χ4n) is 6.56. The minimum Gasteiger partial charge on any atom is -0.0654 e. The normalized spacial score (nSPS) is 26.2. The van der Waals surface area contributed by atoms with Crippen molar-refractivity contribution >= 4 is 28.0 Å². The molecule has 4 rings (SSSR count). The van der Waals surface area contributed by atoms with Gasteiger partial charge in [-0.25, -0.2) is 0 Å². The minimum atomic E-state index is -0.711. The summed E-state index contributed by atoms with van der Waals surface area (Å²) in [7, 11) is -1.41. The summed E-state index contributed by atoms with van der Waals surface area (Å²) in [6.45, 7) is 4.67. The Bertz CT molecular complexity index is 779. The van der Waals surface area contributed by atoms with Gasteiger partial charge in [0, 0.05) is 0 Å². The molecular weight excluding hydrogens is 417 g/mol. The van der Waals surface area contributed by atoms with Gasteiger partial charge in [0.15, 0.2) is 0 Å². The van der Waals surface area contributed by atoms with E-state index in [2.05, 4.69) is 62.4 Å². The lowest BCUT2D eigenvalue weighted by atomic mass is 9.96. The van der Waals surface area contributed by atoms with Crippen LogP contribution in [0, 0.1) is 11.8 Å². The zero-order valence-corrected chi connectivity index (χ0v) is 23.1. The molecule has 0 unspecified atom stereocenters. The van der Waals surface area contributed by atoms with Crippen molar-refractivity contribution in [2.75, 3.05) is 0 Å². The second-order valence-corrected chi connectivity index (χ2v) is 17.4. The lowest BCUT2D eigenvalue weighted by molar-refractivity contribution is 0.418. The van der Waals surface area contributed by atoms with E-state index in [0.29, 0.717) is 0 Å². The molecule has 0 atom stereocenters. The van der Waals surface area contributed by atoms with E-state index in [1.54, 1.807) is 10.4 Å². The maximum absolute atomic E-state index is 2.49. The molecule has 0 spiro atoms.